The summed E-state index contributed by atoms with van der Waals surface area (Å²) in [4.78, 5) is 5.37. The van der Waals surface area contributed by atoms with E-state index in [1.54, 1.807) is 0 Å². The van der Waals surface area contributed by atoms with Gasteiger partial charge in [-0.05, 0) is 12.8 Å². The number of alkyl halides is 3. The van der Waals surface area contributed by atoms with Crippen LogP contribution >= 0.6 is 0 Å². The summed E-state index contributed by atoms with van der Waals surface area (Å²) in [6.07, 6.45) is -2.21. The Bertz CT molecular complexity index is 311. The third-order valence-electron chi connectivity index (χ3n) is 2.06. The Balaban J connectivity index is 2.39. The second-order valence-corrected chi connectivity index (χ2v) is 5.09. The first-order chi connectivity index (χ1) is 7.31. The number of hydrogen-bond acceptors (Lipinski definition) is 3. The molecule has 0 atom stereocenters. The molecule has 0 aromatic rings. The number of nitrogens with one attached hydrogen (secondary N) is 1. The van der Waals surface area contributed by atoms with E-state index in [1.165, 1.54) is 4.89 Å². The predicted molar refractivity (Wildman–Crippen MR) is 49.5 cm³/mol. The molecule has 1 fully saturated rings. The SMILES string of the molecule is O=S(=O)(NOCC(F)(F)F)N1CCCCC1. The number of piperidine rings is 1. The quantitative estimate of drug-likeness (QED) is 0.762. The third-order valence-corrected chi connectivity index (χ3v) is 3.43. The van der Waals surface area contributed by atoms with Crippen LogP contribution in [0, 0.1) is 0 Å². The van der Waals surface area contributed by atoms with Crippen molar-refractivity contribution in [3.05, 3.63) is 0 Å². The van der Waals surface area contributed by atoms with Crippen LogP contribution in [0.25, 0.3) is 0 Å². The van der Waals surface area contributed by atoms with Crippen molar-refractivity contribution in [3.8, 4) is 0 Å². The van der Waals surface area contributed by atoms with E-state index in [0.717, 1.165) is 10.7 Å². The van der Waals surface area contributed by atoms with Gasteiger partial charge in [0.25, 0.3) is 0 Å². The first-order valence-electron chi connectivity index (χ1n) is 4.77. The fraction of sp³-hybridized carbons (Fsp3) is 1.00. The van der Waals surface area contributed by atoms with Gasteiger partial charge in [0.15, 0.2) is 6.61 Å². The van der Waals surface area contributed by atoms with E-state index in [1.807, 2.05) is 0 Å². The molecule has 1 heterocycles. The van der Waals surface area contributed by atoms with Crippen LogP contribution in [0.4, 0.5) is 13.2 Å². The molecule has 0 amide bonds. The van der Waals surface area contributed by atoms with Crippen LogP contribution in [0.15, 0.2) is 0 Å². The monoisotopic (exact) mass is 262 g/mol. The highest BCUT2D eigenvalue weighted by Gasteiger charge is 2.30. The highest BCUT2D eigenvalue weighted by Crippen LogP contribution is 2.15. The molecule has 0 aromatic heterocycles. The van der Waals surface area contributed by atoms with E-state index >= 15 is 0 Å². The van der Waals surface area contributed by atoms with E-state index in [2.05, 4.69) is 4.84 Å². The Morgan fingerprint density at radius 3 is 2.25 bits per heavy atom. The van der Waals surface area contributed by atoms with Crippen LogP contribution in [-0.2, 0) is 15.0 Å². The van der Waals surface area contributed by atoms with Gasteiger partial charge in [-0.1, -0.05) is 11.3 Å². The molecule has 0 unspecified atom stereocenters. The summed E-state index contributed by atoms with van der Waals surface area (Å²) < 4.78 is 59.0. The van der Waals surface area contributed by atoms with Gasteiger partial charge in [0, 0.05) is 13.1 Å². The van der Waals surface area contributed by atoms with Gasteiger partial charge in [-0.3, -0.25) is 4.84 Å². The van der Waals surface area contributed by atoms with Crippen molar-refractivity contribution in [3.63, 3.8) is 0 Å². The Kier molecular flexibility index (Phi) is 4.53. The van der Waals surface area contributed by atoms with E-state index < -0.39 is 23.0 Å². The highest BCUT2D eigenvalue weighted by atomic mass is 32.2. The van der Waals surface area contributed by atoms with Gasteiger partial charge in [0.2, 0.25) is 0 Å². The molecular weight excluding hydrogens is 249 g/mol. The second-order valence-electron chi connectivity index (χ2n) is 3.45. The van der Waals surface area contributed by atoms with Gasteiger partial charge >= 0.3 is 16.4 Å². The van der Waals surface area contributed by atoms with Crippen LogP contribution in [0.3, 0.4) is 0 Å². The molecule has 0 aliphatic carbocycles. The molecule has 0 radical (unpaired) electrons. The number of halogens is 3. The molecule has 0 bridgehead atoms. The predicted octanol–water partition coefficient (Wildman–Crippen LogP) is 0.801. The molecular formula is C7H13F3N2O3S. The average molecular weight is 262 g/mol. The van der Waals surface area contributed by atoms with Crippen LogP contribution in [-0.4, -0.2) is 38.6 Å². The maximum Gasteiger partial charge on any atom is 0.413 e. The zero-order valence-corrected chi connectivity index (χ0v) is 9.27. The summed E-state index contributed by atoms with van der Waals surface area (Å²) in [5.74, 6) is 0. The lowest BCUT2D eigenvalue weighted by molar-refractivity contribution is -0.181. The molecule has 0 aromatic carbocycles. The lowest BCUT2D eigenvalue weighted by Gasteiger charge is -2.25. The summed E-state index contributed by atoms with van der Waals surface area (Å²) >= 11 is 0. The maximum absolute atomic E-state index is 11.7. The van der Waals surface area contributed by atoms with Gasteiger partial charge in [0.1, 0.15) is 0 Å². The normalized spacial score (nSPS) is 19.9. The molecule has 0 spiro atoms. The van der Waals surface area contributed by atoms with Gasteiger partial charge < -0.3 is 0 Å². The van der Waals surface area contributed by atoms with Crippen molar-refractivity contribution in [2.45, 2.75) is 25.4 Å². The van der Waals surface area contributed by atoms with E-state index in [-0.39, 0.29) is 0 Å². The van der Waals surface area contributed by atoms with Crippen LogP contribution in [0.2, 0.25) is 0 Å². The molecule has 96 valence electrons. The largest absolute Gasteiger partial charge is 0.413 e. The molecule has 16 heavy (non-hydrogen) atoms. The maximum atomic E-state index is 11.7. The summed E-state index contributed by atoms with van der Waals surface area (Å²) in [5.41, 5.74) is 0. The minimum Gasteiger partial charge on any atom is -0.276 e. The second kappa shape index (κ2) is 5.30. The van der Waals surface area contributed by atoms with Gasteiger partial charge in [-0.25, -0.2) is 0 Å². The highest BCUT2D eigenvalue weighted by molar-refractivity contribution is 7.87. The summed E-state index contributed by atoms with van der Waals surface area (Å²) in [6, 6.07) is 0. The van der Waals surface area contributed by atoms with Crippen molar-refractivity contribution in [1.82, 2.24) is 9.19 Å². The molecule has 1 rings (SSSR count). The summed E-state index contributed by atoms with van der Waals surface area (Å²) in [5, 5.41) is 0. The lowest BCUT2D eigenvalue weighted by atomic mass is 10.2. The Labute approximate surface area is 91.7 Å². The van der Waals surface area contributed by atoms with Crippen molar-refractivity contribution < 1.29 is 26.4 Å². The van der Waals surface area contributed by atoms with Gasteiger partial charge in [-0.2, -0.15) is 25.9 Å². The minimum atomic E-state index is -4.55. The zero-order valence-electron chi connectivity index (χ0n) is 8.46. The van der Waals surface area contributed by atoms with Crippen LogP contribution in [0.5, 0.6) is 0 Å². The van der Waals surface area contributed by atoms with Crippen molar-refractivity contribution in [2.75, 3.05) is 19.7 Å². The van der Waals surface area contributed by atoms with Crippen LogP contribution < -0.4 is 4.89 Å². The molecule has 0 saturated carbocycles. The molecule has 1 aliphatic heterocycles. The smallest absolute Gasteiger partial charge is 0.276 e. The number of hydrogen-bond donors (Lipinski definition) is 1. The fourth-order valence-electron chi connectivity index (χ4n) is 1.34. The summed E-state index contributed by atoms with van der Waals surface area (Å²) in [6.45, 7) is -1.02. The number of rotatable bonds is 4. The van der Waals surface area contributed by atoms with Gasteiger partial charge in [-0.15, -0.1) is 0 Å². The first kappa shape index (κ1) is 13.7. The third kappa shape index (κ3) is 4.64. The Morgan fingerprint density at radius 2 is 1.75 bits per heavy atom. The van der Waals surface area contributed by atoms with Crippen molar-refractivity contribution >= 4 is 10.2 Å². The standard InChI is InChI=1S/C7H13F3N2O3S/c8-7(9,10)6-15-11-16(13,14)12-4-2-1-3-5-12/h11H,1-6H2. The zero-order chi connectivity index (χ0) is 12.2. The average Bonchev–Trinajstić information content (AvgIpc) is 2.17. The number of nitrogens with zero attached hydrogens (tertiary/aromatic N) is 1. The van der Waals surface area contributed by atoms with E-state index in [9.17, 15) is 21.6 Å². The fourth-order valence-corrected chi connectivity index (χ4v) is 2.40. The summed E-state index contributed by atoms with van der Waals surface area (Å²) in [7, 11) is -3.94. The lowest BCUT2D eigenvalue weighted by Crippen LogP contribution is -2.44. The van der Waals surface area contributed by atoms with Gasteiger partial charge in [0.05, 0.1) is 0 Å². The molecule has 1 aliphatic rings. The Morgan fingerprint density at radius 1 is 1.19 bits per heavy atom. The Hall–Kier alpha value is -0.380. The minimum absolute atomic E-state index is 0.310. The van der Waals surface area contributed by atoms with E-state index in [0.29, 0.717) is 25.9 Å². The molecule has 1 saturated heterocycles. The molecule has 1 N–H and O–H groups in total. The van der Waals surface area contributed by atoms with E-state index in [4.69, 9.17) is 0 Å². The molecule has 9 heteroatoms. The van der Waals surface area contributed by atoms with Crippen molar-refractivity contribution in [2.24, 2.45) is 0 Å². The van der Waals surface area contributed by atoms with Crippen molar-refractivity contribution in [1.29, 1.82) is 0 Å². The topological polar surface area (TPSA) is 58.6 Å². The first-order valence-corrected chi connectivity index (χ1v) is 6.21. The van der Waals surface area contributed by atoms with Crippen LogP contribution in [0.1, 0.15) is 19.3 Å². The molecule has 5 nitrogen and oxygen atoms in total.